The van der Waals surface area contributed by atoms with Gasteiger partial charge in [0, 0.05) is 34.6 Å². The lowest BCUT2D eigenvalue weighted by Crippen LogP contribution is -2.16. The average molecular weight is 433 g/mol. The molecule has 0 atom stereocenters. The van der Waals surface area contributed by atoms with Crippen molar-refractivity contribution in [2.45, 2.75) is 20.3 Å². The van der Waals surface area contributed by atoms with E-state index >= 15 is 0 Å². The lowest BCUT2D eigenvalue weighted by Gasteiger charge is -2.09. The monoisotopic (exact) mass is 432 g/mol. The number of benzene rings is 2. The van der Waals surface area contributed by atoms with Crippen molar-refractivity contribution in [2.75, 3.05) is 11.9 Å². The van der Waals surface area contributed by atoms with Crippen molar-refractivity contribution in [1.82, 2.24) is 4.57 Å². The van der Waals surface area contributed by atoms with Crippen molar-refractivity contribution in [1.29, 1.82) is 0 Å². The quantitative estimate of drug-likeness (QED) is 0.405. The molecule has 0 unspecified atom stereocenters. The lowest BCUT2D eigenvalue weighted by atomic mass is 10.0. The van der Waals surface area contributed by atoms with E-state index in [2.05, 4.69) is 5.32 Å². The Balaban J connectivity index is 1.67. The molecule has 0 bridgehead atoms. The van der Waals surface area contributed by atoms with E-state index < -0.39 is 5.97 Å². The molecular weight excluding hydrogens is 408 g/mol. The third-order valence-electron chi connectivity index (χ3n) is 5.21. The van der Waals surface area contributed by atoms with Gasteiger partial charge in [0.25, 0.3) is 0 Å². The normalized spacial score (nSPS) is 10.9. The van der Waals surface area contributed by atoms with Gasteiger partial charge in [0.2, 0.25) is 5.91 Å². The number of amides is 1. The molecule has 0 aliphatic rings. The van der Waals surface area contributed by atoms with Gasteiger partial charge < -0.3 is 14.6 Å². The van der Waals surface area contributed by atoms with Crippen LogP contribution in [0.5, 0.6) is 0 Å². The van der Waals surface area contributed by atoms with E-state index in [1.165, 1.54) is 11.3 Å². The van der Waals surface area contributed by atoms with Crippen LogP contribution >= 0.6 is 11.3 Å². The minimum Gasteiger partial charge on any atom is -0.462 e. The second-order valence-electron chi connectivity index (χ2n) is 7.33. The Morgan fingerprint density at radius 3 is 2.52 bits per heavy atom. The predicted molar refractivity (Wildman–Crippen MR) is 126 cm³/mol. The fraction of sp³-hybridized carbons (Fsp3) is 0.200. The largest absolute Gasteiger partial charge is 0.462 e. The van der Waals surface area contributed by atoms with Crippen molar-refractivity contribution in [3.8, 4) is 11.1 Å². The molecule has 31 heavy (non-hydrogen) atoms. The topological polar surface area (TPSA) is 60.3 Å². The molecule has 4 aromatic rings. The Morgan fingerprint density at radius 1 is 1.06 bits per heavy atom. The number of carbonyl (C=O) groups excluding carboxylic acids is 2. The van der Waals surface area contributed by atoms with Crippen molar-refractivity contribution in [3.63, 3.8) is 0 Å². The molecule has 6 heteroatoms. The predicted octanol–water partition coefficient (Wildman–Crippen LogP) is 5.57. The maximum Gasteiger partial charge on any atom is 0.341 e. The molecule has 1 N–H and O–H groups in total. The summed E-state index contributed by atoms with van der Waals surface area (Å²) in [5.41, 5.74) is 4.18. The Bertz CT molecular complexity index is 1250. The summed E-state index contributed by atoms with van der Waals surface area (Å²) in [5.74, 6) is -0.589. The highest BCUT2D eigenvalue weighted by atomic mass is 32.1. The number of nitrogens with zero attached hydrogens (tertiary/aromatic N) is 1. The molecule has 2 heterocycles. The third kappa shape index (κ3) is 4.11. The van der Waals surface area contributed by atoms with E-state index in [4.69, 9.17) is 4.74 Å². The third-order valence-corrected chi connectivity index (χ3v) is 6.23. The highest BCUT2D eigenvalue weighted by Gasteiger charge is 2.25. The van der Waals surface area contributed by atoms with E-state index in [9.17, 15) is 9.59 Å². The summed E-state index contributed by atoms with van der Waals surface area (Å²) in [6, 6.07) is 17.7. The van der Waals surface area contributed by atoms with E-state index in [1.807, 2.05) is 79.3 Å². The molecule has 0 saturated carbocycles. The number of anilines is 1. The van der Waals surface area contributed by atoms with Gasteiger partial charge in [0.1, 0.15) is 10.6 Å². The van der Waals surface area contributed by atoms with Crippen LogP contribution < -0.4 is 5.32 Å². The maximum atomic E-state index is 13.0. The molecule has 0 aliphatic carbocycles. The van der Waals surface area contributed by atoms with Crippen LogP contribution in [0.25, 0.3) is 22.0 Å². The van der Waals surface area contributed by atoms with Crippen molar-refractivity contribution < 1.29 is 14.3 Å². The number of esters is 1. The van der Waals surface area contributed by atoms with Gasteiger partial charge in [-0.05, 0) is 31.0 Å². The number of hydrogen-bond donors (Lipinski definition) is 1. The molecule has 0 saturated heterocycles. The standard InChI is InChI=1S/C25H24N2O3S/c1-4-30-25(29)23-22(17-10-6-5-7-11-17)16(2)31-24(23)26-21(28)14-18-15-27(3)20-13-9-8-12-19(18)20/h5-13,15H,4,14H2,1-3H3,(H,26,28). The Kier molecular flexibility index (Phi) is 5.91. The van der Waals surface area contributed by atoms with Crippen molar-refractivity contribution in [2.24, 2.45) is 7.05 Å². The van der Waals surface area contributed by atoms with Gasteiger partial charge in [-0.2, -0.15) is 0 Å². The summed E-state index contributed by atoms with van der Waals surface area (Å²) in [7, 11) is 1.97. The summed E-state index contributed by atoms with van der Waals surface area (Å²) in [5, 5.41) is 4.55. The zero-order chi connectivity index (χ0) is 22.0. The zero-order valence-electron chi connectivity index (χ0n) is 17.8. The molecule has 2 aromatic carbocycles. The minimum absolute atomic E-state index is 0.164. The number of hydrogen-bond acceptors (Lipinski definition) is 4. The number of rotatable bonds is 6. The number of aryl methyl sites for hydroxylation is 2. The molecule has 0 fully saturated rings. The van der Waals surface area contributed by atoms with Gasteiger partial charge >= 0.3 is 5.97 Å². The van der Waals surface area contributed by atoms with Crippen LogP contribution in [0.3, 0.4) is 0 Å². The van der Waals surface area contributed by atoms with Crippen LogP contribution in [0.2, 0.25) is 0 Å². The first-order chi connectivity index (χ1) is 15.0. The highest BCUT2D eigenvalue weighted by molar-refractivity contribution is 7.17. The summed E-state index contributed by atoms with van der Waals surface area (Å²) < 4.78 is 7.34. The molecule has 0 spiro atoms. The van der Waals surface area contributed by atoms with Gasteiger partial charge in [-0.25, -0.2) is 4.79 Å². The number of nitrogens with one attached hydrogen (secondary N) is 1. The average Bonchev–Trinajstić information content (AvgIpc) is 3.25. The first-order valence-corrected chi connectivity index (χ1v) is 11.0. The highest BCUT2D eigenvalue weighted by Crippen LogP contribution is 2.40. The molecular formula is C25H24N2O3S. The number of fused-ring (bicyclic) bond motifs is 1. The van der Waals surface area contributed by atoms with E-state index in [-0.39, 0.29) is 18.9 Å². The van der Waals surface area contributed by atoms with E-state index in [1.54, 1.807) is 6.92 Å². The number of para-hydroxylation sites is 1. The van der Waals surface area contributed by atoms with Crippen LogP contribution in [0.1, 0.15) is 27.7 Å². The first-order valence-electron chi connectivity index (χ1n) is 10.2. The molecule has 0 radical (unpaired) electrons. The lowest BCUT2D eigenvalue weighted by molar-refractivity contribution is -0.115. The van der Waals surface area contributed by atoms with E-state index in [0.717, 1.165) is 32.5 Å². The number of thiophene rings is 1. The number of aromatic nitrogens is 1. The minimum atomic E-state index is -0.425. The number of carbonyl (C=O) groups is 2. The van der Waals surface area contributed by atoms with Gasteiger partial charge in [-0.1, -0.05) is 48.5 Å². The summed E-state index contributed by atoms with van der Waals surface area (Å²) in [6.07, 6.45) is 2.20. The SMILES string of the molecule is CCOC(=O)c1c(NC(=O)Cc2cn(C)c3ccccc23)sc(C)c1-c1ccccc1. The summed E-state index contributed by atoms with van der Waals surface area (Å²) in [6.45, 7) is 4.00. The van der Waals surface area contributed by atoms with Crippen LogP contribution in [0, 0.1) is 6.92 Å². The molecule has 0 aliphatic heterocycles. The van der Waals surface area contributed by atoms with Crippen LogP contribution in [-0.4, -0.2) is 23.1 Å². The van der Waals surface area contributed by atoms with Crippen LogP contribution in [0.15, 0.2) is 60.8 Å². The van der Waals surface area contributed by atoms with E-state index in [0.29, 0.717) is 10.6 Å². The van der Waals surface area contributed by atoms with Gasteiger partial charge in [-0.3, -0.25) is 4.79 Å². The smallest absolute Gasteiger partial charge is 0.341 e. The van der Waals surface area contributed by atoms with Gasteiger partial charge in [0.15, 0.2) is 0 Å². The second kappa shape index (κ2) is 8.78. The first kappa shape index (κ1) is 20.9. The fourth-order valence-electron chi connectivity index (χ4n) is 3.89. The molecule has 158 valence electrons. The fourth-order valence-corrected chi connectivity index (χ4v) is 4.97. The van der Waals surface area contributed by atoms with Gasteiger partial charge in [0.05, 0.1) is 13.0 Å². The van der Waals surface area contributed by atoms with Crippen molar-refractivity contribution >= 4 is 39.1 Å². The van der Waals surface area contributed by atoms with Crippen LogP contribution in [0.4, 0.5) is 5.00 Å². The zero-order valence-corrected chi connectivity index (χ0v) is 18.6. The Labute approximate surface area is 185 Å². The van der Waals surface area contributed by atoms with Crippen molar-refractivity contribution in [3.05, 3.63) is 76.8 Å². The molecule has 1 amide bonds. The molecule has 4 rings (SSSR count). The van der Waals surface area contributed by atoms with Crippen LogP contribution in [-0.2, 0) is 23.0 Å². The Hall–Kier alpha value is -3.38. The Morgan fingerprint density at radius 2 is 1.77 bits per heavy atom. The number of ether oxygens (including phenoxy) is 1. The van der Waals surface area contributed by atoms with Gasteiger partial charge in [-0.15, -0.1) is 11.3 Å². The second-order valence-corrected chi connectivity index (χ2v) is 8.56. The summed E-state index contributed by atoms with van der Waals surface area (Å²) in [4.78, 5) is 26.7. The summed E-state index contributed by atoms with van der Waals surface area (Å²) >= 11 is 1.40. The molecule has 5 nitrogen and oxygen atoms in total. The maximum absolute atomic E-state index is 13.0. The molecule has 2 aromatic heterocycles.